The third kappa shape index (κ3) is 2.67. The summed E-state index contributed by atoms with van der Waals surface area (Å²) in [6.07, 6.45) is 4.90. The molecule has 1 saturated carbocycles. The number of hydrogen-bond donors (Lipinski definition) is 1. The number of carbonyl (C=O) groups is 1. The maximum atomic E-state index is 13.1. The summed E-state index contributed by atoms with van der Waals surface area (Å²) >= 11 is 0. The van der Waals surface area contributed by atoms with Crippen LogP contribution in [0.2, 0.25) is 0 Å². The Hall–Kier alpha value is -1.10. The summed E-state index contributed by atoms with van der Waals surface area (Å²) in [4.78, 5) is 15.1. The Morgan fingerprint density at radius 2 is 2.04 bits per heavy atom. The number of carbonyl (C=O) groups excluding carboxylic acids is 1. The summed E-state index contributed by atoms with van der Waals surface area (Å²) in [6.45, 7) is 4.27. The number of nitrogens with zero attached hydrogens (tertiary/aromatic N) is 1. The van der Waals surface area contributed by atoms with Crippen LogP contribution in [-0.2, 0) is 14.9 Å². The van der Waals surface area contributed by atoms with Gasteiger partial charge >= 0.3 is 0 Å². The molecule has 126 valence electrons. The summed E-state index contributed by atoms with van der Waals surface area (Å²) in [5, 5.41) is 3.34. The molecule has 0 bridgehead atoms. The van der Waals surface area contributed by atoms with E-state index >= 15 is 0 Å². The lowest BCUT2D eigenvalue weighted by Crippen LogP contribution is -2.56. The van der Waals surface area contributed by atoms with E-state index in [1.165, 1.54) is 31.2 Å². The molecule has 1 amide bonds. The first-order valence-corrected chi connectivity index (χ1v) is 8.47. The van der Waals surface area contributed by atoms with Gasteiger partial charge < -0.3 is 15.0 Å². The van der Waals surface area contributed by atoms with E-state index in [0.717, 1.165) is 18.8 Å². The Kier molecular flexibility index (Phi) is 4.68. The zero-order valence-corrected chi connectivity index (χ0v) is 14.4. The van der Waals surface area contributed by atoms with E-state index < -0.39 is 0 Å². The highest BCUT2D eigenvalue weighted by Gasteiger charge is 2.47. The molecule has 4 nitrogen and oxygen atoms in total. The smallest absolute Gasteiger partial charge is 0.246 e. The van der Waals surface area contributed by atoms with Crippen molar-refractivity contribution in [2.45, 2.75) is 50.2 Å². The van der Waals surface area contributed by atoms with Gasteiger partial charge in [-0.2, -0.15) is 0 Å². The molecule has 0 unspecified atom stereocenters. The largest absolute Gasteiger partial charge is 0.375 e. The Labute approximate surface area is 144 Å². The molecule has 0 aromatic heterocycles. The number of benzene rings is 1. The van der Waals surface area contributed by atoms with E-state index in [1.807, 2.05) is 17.9 Å². The van der Waals surface area contributed by atoms with Crippen LogP contribution in [0.3, 0.4) is 0 Å². The Morgan fingerprint density at radius 1 is 1.30 bits per heavy atom. The number of hydrogen-bond acceptors (Lipinski definition) is 3. The summed E-state index contributed by atoms with van der Waals surface area (Å²) in [7, 11) is 0. The van der Waals surface area contributed by atoms with E-state index in [2.05, 4.69) is 23.5 Å². The molecule has 5 heteroatoms. The number of amides is 1. The van der Waals surface area contributed by atoms with Crippen LogP contribution in [0.25, 0.3) is 0 Å². The average molecular weight is 337 g/mol. The maximum absolute atomic E-state index is 13.1. The molecule has 1 saturated heterocycles. The number of anilines is 1. The molecule has 1 aliphatic carbocycles. The number of ether oxygens (including phenoxy) is 1. The molecule has 2 heterocycles. The molecule has 1 aromatic rings. The van der Waals surface area contributed by atoms with Crippen LogP contribution in [0.15, 0.2) is 24.3 Å². The second-order valence-corrected chi connectivity index (χ2v) is 6.94. The fourth-order valence-electron chi connectivity index (χ4n) is 4.48. The molecular formula is C18H25ClN2O2. The number of para-hydroxylation sites is 1. The van der Waals surface area contributed by atoms with Gasteiger partial charge in [-0.3, -0.25) is 4.79 Å². The van der Waals surface area contributed by atoms with E-state index in [1.54, 1.807) is 0 Å². The van der Waals surface area contributed by atoms with Gasteiger partial charge in [-0.25, -0.2) is 0 Å². The van der Waals surface area contributed by atoms with Crippen molar-refractivity contribution in [2.75, 3.05) is 24.6 Å². The van der Waals surface area contributed by atoms with Gasteiger partial charge in [0.25, 0.3) is 0 Å². The van der Waals surface area contributed by atoms with Gasteiger partial charge in [-0.05, 0) is 31.4 Å². The van der Waals surface area contributed by atoms with Gasteiger partial charge in [0.15, 0.2) is 0 Å². The molecular weight excluding hydrogens is 312 g/mol. The van der Waals surface area contributed by atoms with Crippen molar-refractivity contribution in [1.82, 2.24) is 5.32 Å². The molecule has 0 radical (unpaired) electrons. The Morgan fingerprint density at radius 3 is 2.78 bits per heavy atom. The van der Waals surface area contributed by atoms with Crippen LogP contribution < -0.4 is 10.2 Å². The molecule has 2 fully saturated rings. The first-order chi connectivity index (χ1) is 10.7. The fraction of sp³-hybridized carbons (Fsp3) is 0.611. The minimum absolute atomic E-state index is 0. The minimum atomic E-state index is -0.224. The summed E-state index contributed by atoms with van der Waals surface area (Å²) in [6, 6.07) is 8.26. The molecule has 4 rings (SSSR count). The zero-order chi connectivity index (χ0) is 15.2. The summed E-state index contributed by atoms with van der Waals surface area (Å²) in [5.74, 6) is 0.170. The van der Waals surface area contributed by atoms with E-state index in [4.69, 9.17) is 4.74 Å². The third-order valence-corrected chi connectivity index (χ3v) is 5.64. The van der Waals surface area contributed by atoms with E-state index in [9.17, 15) is 4.79 Å². The van der Waals surface area contributed by atoms with Crippen LogP contribution >= 0.6 is 12.4 Å². The average Bonchev–Trinajstić information content (AvgIpc) is 3.14. The highest BCUT2D eigenvalue weighted by atomic mass is 35.5. The lowest BCUT2D eigenvalue weighted by Gasteiger charge is -2.33. The quantitative estimate of drug-likeness (QED) is 0.857. The van der Waals surface area contributed by atoms with E-state index in [0.29, 0.717) is 6.61 Å². The monoisotopic (exact) mass is 336 g/mol. The second kappa shape index (κ2) is 6.42. The zero-order valence-electron chi connectivity index (χ0n) is 13.6. The predicted octanol–water partition coefficient (Wildman–Crippen LogP) is 2.64. The van der Waals surface area contributed by atoms with Crippen molar-refractivity contribution in [3.63, 3.8) is 0 Å². The van der Waals surface area contributed by atoms with E-state index in [-0.39, 0.29) is 35.9 Å². The molecule has 2 atom stereocenters. The first kappa shape index (κ1) is 16.7. The number of halogens is 1. The summed E-state index contributed by atoms with van der Waals surface area (Å²) in [5.41, 5.74) is 2.70. The predicted molar refractivity (Wildman–Crippen MR) is 93.4 cm³/mol. The molecule has 3 aliphatic rings. The van der Waals surface area contributed by atoms with Gasteiger partial charge in [-0.1, -0.05) is 31.0 Å². The molecule has 1 N–H and O–H groups in total. The van der Waals surface area contributed by atoms with Crippen LogP contribution in [0.1, 0.15) is 38.2 Å². The normalized spacial score (nSPS) is 28.5. The number of rotatable bonds is 1. The van der Waals surface area contributed by atoms with Gasteiger partial charge in [0, 0.05) is 24.2 Å². The molecule has 1 spiro atoms. The number of morpholine rings is 1. The van der Waals surface area contributed by atoms with Crippen LogP contribution in [-0.4, -0.2) is 37.7 Å². The highest BCUT2D eigenvalue weighted by molar-refractivity contribution is 6.00. The molecule has 1 aromatic carbocycles. The number of fused-ring (bicyclic) bond motifs is 2. The van der Waals surface area contributed by atoms with Crippen molar-refractivity contribution < 1.29 is 9.53 Å². The topological polar surface area (TPSA) is 41.6 Å². The van der Waals surface area contributed by atoms with Crippen molar-refractivity contribution in [3.05, 3.63) is 29.8 Å². The van der Waals surface area contributed by atoms with Crippen molar-refractivity contribution >= 4 is 24.0 Å². The standard InChI is InChI=1S/C18H24N2O2.ClH/c1-13-16(19-10-11-22-13)17(21)20-12-18(8-4-5-9-18)14-6-2-3-7-15(14)20;/h2-3,6-7,13,16,19H,4-5,8-12H2,1H3;1H/t13-,16+;/m1./s1. The van der Waals surface area contributed by atoms with Crippen LogP contribution in [0.5, 0.6) is 0 Å². The van der Waals surface area contributed by atoms with Crippen LogP contribution in [0, 0.1) is 0 Å². The minimum Gasteiger partial charge on any atom is -0.375 e. The molecule has 23 heavy (non-hydrogen) atoms. The van der Waals surface area contributed by atoms with Crippen molar-refractivity contribution in [3.8, 4) is 0 Å². The van der Waals surface area contributed by atoms with Gasteiger partial charge in [0.1, 0.15) is 6.04 Å². The number of nitrogens with one attached hydrogen (secondary N) is 1. The third-order valence-electron chi connectivity index (χ3n) is 5.64. The SMILES string of the molecule is C[C@H]1OCCN[C@@H]1C(=O)N1CC2(CCCC2)c2ccccc21.Cl. The van der Waals surface area contributed by atoms with Gasteiger partial charge in [0.05, 0.1) is 12.7 Å². The highest BCUT2D eigenvalue weighted by Crippen LogP contribution is 2.50. The van der Waals surface area contributed by atoms with Gasteiger partial charge in [0.2, 0.25) is 5.91 Å². The fourth-order valence-corrected chi connectivity index (χ4v) is 4.48. The first-order valence-electron chi connectivity index (χ1n) is 8.47. The second-order valence-electron chi connectivity index (χ2n) is 6.94. The Bertz CT molecular complexity index is 586. The summed E-state index contributed by atoms with van der Waals surface area (Å²) < 4.78 is 5.67. The Balaban J connectivity index is 0.00000156. The lowest BCUT2D eigenvalue weighted by molar-refractivity contribution is -0.126. The van der Waals surface area contributed by atoms with Crippen LogP contribution in [0.4, 0.5) is 5.69 Å². The lowest BCUT2D eigenvalue weighted by atomic mass is 9.81. The molecule has 2 aliphatic heterocycles. The maximum Gasteiger partial charge on any atom is 0.246 e. The van der Waals surface area contributed by atoms with Crippen molar-refractivity contribution in [2.24, 2.45) is 0 Å². The van der Waals surface area contributed by atoms with Crippen molar-refractivity contribution in [1.29, 1.82) is 0 Å². The van der Waals surface area contributed by atoms with Gasteiger partial charge in [-0.15, -0.1) is 12.4 Å².